The van der Waals surface area contributed by atoms with Gasteiger partial charge in [0.05, 0.1) is 22.1 Å². The lowest BCUT2D eigenvalue weighted by Gasteiger charge is -2.19. The summed E-state index contributed by atoms with van der Waals surface area (Å²) in [5.41, 5.74) is 7.25. The van der Waals surface area contributed by atoms with Crippen molar-refractivity contribution in [2.75, 3.05) is 0 Å². The summed E-state index contributed by atoms with van der Waals surface area (Å²) >= 11 is 0. The van der Waals surface area contributed by atoms with Crippen LogP contribution in [0.5, 0.6) is 0 Å². The van der Waals surface area contributed by atoms with Crippen LogP contribution in [0.4, 0.5) is 0 Å². The van der Waals surface area contributed by atoms with E-state index in [1.54, 1.807) is 0 Å². The fraction of sp³-hybridized carbons (Fsp3) is 0.0816. The van der Waals surface area contributed by atoms with Gasteiger partial charge in [-0.1, -0.05) is 142 Å². The number of hydrogen-bond donors (Lipinski definition) is 0. The second-order valence-corrected chi connectivity index (χ2v) is 15.2. The lowest BCUT2D eigenvalue weighted by atomic mass is 9.85. The lowest BCUT2D eigenvalue weighted by molar-refractivity contribution is 0.591. The molecule has 3 nitrogen and oxygen atoms in total. The van der Waals surface area contributed by atoms with Gasteiger partial charge in [0.15, 0.2) is 0 Å². The Balaban J connectivity index is 1.28. The second kappa shape index (κ2) is 10.5. The molecule has 3 aromatic heterocycles. The SMILES string of the molecule is CC(C)(C)c1ccc2c(ccc3cc4c(cc32)oc2c(-c3nc5cccc6c7ccccc7c7ccccc7c7ccccc7n3c56)cccc24)c1. The van der Waals surface area contributed by atoms with Crippen LogP contribution in [-0.4, -0.2) is 9.38 Å². The highest BCUT2D eigenvalue weighted by atomic mass is 16.3. The molecular formula is C49H34N2O. The van der Waals surface area contributed by atoms with Gasteiger partial charge in [0, 0.05) is 21.5 Å². The predicted molar refractivity (Wildman–Crippen MR) is 220 cm³/mol. The van der Waals surface area contributed by atoms with Gasteiger partial charge in [0.25, 0.3) is 0 Å². The van der Waals surface area contributed by atoms with Crippen LogP contribution >= 0.6 is 0 Å². The Bertz CT molecular complexity index is 3340. The highest BCUT2D eigenvalue weighted by Crippen LogP contribution is 2.42. The van der Waals surface area contributed by atoms with Gasteiger partial charge in [-0.2, -0.15) is 0 Å². The molecule has 0 N–H and O–H groups in total. The largest absolute Gasteiger partial charge is 0.455 e. The van der Waals surface area contributed by atoms with Gasteiger partial charge < -0.3 is 4.42 Å². The van der Waals surface area contributed by atoms with Gasteiger partial charge in [0.2, 0.25) is 0 Å². The average molecular weight is 667 g/mol. The maximum atomic E-state index is 6.94. The van der Waals surface area contributed by atoms with Crippen LogP contribution in [0.25, 0.3) is 104 Å². The summed E-state index contributed by atoms with van der Waals surface area (Å²) in [7, 11) is 0. The van der Waals surface area contributed by atoms with E-state index in [-0.39, 0.29) is 5.41 Å². The first-order valence-electron chi connectivity index (χ1n) is 18.0. The summed E-state index contributed by atoms with van der Waals surface area (Å²) in [6.45, 7) is 6.80. The number of nitrogens with zero attached hydrogens (tertiary/aromatic N) is 2. The molecule has 0 unspecified atom stereocenters. The molecule has 0 amide bonds. The number of furan rings is 1. The van der Waals surface area contributed by atoms with Gasteiger partial charge in [-0.05, 0) is 84.4 Å². The third-order valence-corrected chi connectivity index (χ3v) is 11.1. The molecule has 0 bridgehead atoms. The smallest absolute Gasteiger partial charge is 0.149 e. The van der Waals surface area contributed by atoms with E-state index in [2.05, 4.69) is 177 Å². The van der Waals surface area contributed by atoms with Crippen molar-refractivity contribution in [1.82, 2.24) is 9.38 Å². The first kappa shape index (κ1) is 29.3. The summed E-state index contributed by atoms with van der Waals surface area (Å²) < 4.78 is 9.32. The Labute approximate surface area is 300 Å². The molecule has 246 valence electrons. The highest BCUT2D eigenvalue weighted by Gasteiger charge is 2.21. The molecule has 0 spiro atoms. The predicted octanol–water partition coefficient (Wildman–Crippen LogP) is 13.7. The molecule has 0 radical (unpaired) electrons. The zero-order valence-electron chi connectivity index (χ0n) is 29.2. The maximum absolute atomic E-state index is 6.94. The topological polar surface area (TPSA) is 30.4 Å². The van der Waals surface area contributed by atoms with Crippen molar-refractivity contribution in [2.45, 2.75) is 26.2 Å². The van der Waals surface area contributed by atoms with Crippen LogP contribution in [0, 0.1) is 0 Å². The first-order chi connectivity index (χ1) is 25.4. The van der Waals surface area contributed by atoms with Crippen molar-refractivity contribution in [3.63, 3.8) is 0 Å². The number of aromatic nitrogens is 2. The molecule has 0 aliphatic carbocycles. The molecule has 0 atom stereocenters. The molecule has 8 aromatic carbocycles. The van der Waals surface area contributed by atoms with E-state index < -0.39 is 0 Å². The summed E-state index contributed by atoms with van der Waals surface area (Å²) in [4.78, 5) is 5.44. The number of benzene rings is 8. The third-order valence-electron chi connectivity index (χ3n) is 11.1. The van der Waals surface area contributed by atoms with Crippen LogP contribution in [0.3, 0.4) is 0 Å². The Hall–Kier alpha value is -6.45. The summed E-state index contributed by atoms with van der Waals surface area (Å²) in [6, 6.07) is 55.2. The minimum atomic E-state index is 0.0878. The monoisotopic (exact) mass is 666 g/mol. The van der Waals surface area contributed by atoms with Gasteiger partial charge in [0.1, 0.15) is 17.0 Å². The number of imidazole rings is 1. The van der Waals surface area contributed by atoms with E-state index in [1.165, 1.54) is 48.7 Å². The molecular weight excluding hydrogens is 633 g/mol. The van der Waals surface area contributed by atoms with Gasteiger partial charge >= 0.3 is 0 Å². The maximum Gasteiger partial charge on any atom is 0.149 e. The Kier molecular flexibility index (Phi) is 5.94. The van der Waals surface area contributed by atoms with Gasteiger partial charge in [-0.15, -0.1) is 0 Å². The summed E-state index contributed by atoms with van der Waals surface area (Å²) in [6.07, 6.45) is 0. The van der Waals surface area contributed by atoms with Crippen molar-refractivity contribution in [1.29, 1.82) is 0 Å². The second-order valence-electron chi connectivity index (χ2n) is 15.2. The van der Waals surface area contributed by atoms with Crippen molar-refractivity contribution < 1.29 is 4.42 Å². The van der Waals surface area contributed by atoms with E-state index in [4.69, 9.17) is 9.40 Å². The fourth-order valence-electron chi connectivity index (χ4n) is 8.56. The Morgan fingerprint density at radius 1 is 0.481 bits per heavy atom. The molecule has 11 aromatic rings. The first-order valence-corrected chi connectivity index (χ1v) is 18.0. The van der Waals surface area contributed by atoms with Crippen molar-refractivity contribution in [2.24, 2.45) is 0 Å². The molecule has 0 saturated carbocycles. The van der Waals surface area contributed by atoms with Gasteiger partial charge in [-0.3, -0.25) is 4.40 Å². The zero-order valence-corrected chi connectivity index (χ0v) is 29.2. The van der Waals surface area contributed by atoms with E-state index >= 15 is 0 Å². The molecule has 0 aliphatic rings. The minimum Gasteiger partial charge on any atom is -0.455 e. The van der Waals surface area contributed by atoms with Crippen molar-refractivity contribution >= 4 is 92.4 Å². The molecule has 52 heavy (non-hydrogen) atoms. The lowest BCUT2D eigenvalue weighted by Crippen LogP contribution is -2.10. The van der Waals surface area contributed by atoms with Crippen LogP contribution in [-0.2, 0) is 5.41 Å². The van der Waals surface area contributed by atoms with Crippen LogP contribution in [0.2, 0.25) is 0 Å². The third kappa shape index (κ3) is 4.11. The molecule has 0 aliphatic heterocycles. The van der Waals surface area contributed by atoms with E-state index in [0.29, 0.717) is 0 Å². The molecule has 3 heterocycles. The van der Waals surface area contributed by atoms with E-state index in [1.807, 2.05) is 0 Å². The Morgan fingerprint density at radius 2 is 1.10 bits per heavy atom. The number of para-hydroxylation sites is 3. The molecule has 3 heteroatoms. The Morgan fingerprint density at radius 3 is 1.85 bits per heavy atom. The molecule has 0 saturated heterocycles. The van der Waals surface area contributed by atoms with E-state index in [9.17, 15) is 0 Å². The quantitative estimate of drug-likeness (QED) is 0.163. The van der Waals surface area contributed by atoms with Crippen LogP contribution < -0.4 is 0 Å². The number of hydrogen-bond acceptors (Lipinski definition) is 2. The highest BCUT2D eigenvalue weighted by molar-refractivity contribution is 6.22. The number of rotatable bonds is 1. The summed E-state index contributed by atoms with van der Waals surface area (Å²) in [5, 5.41) is 14.2. The zero-order chi connectivity index (χ0) is 34.7. The van der Waals surface area contributed by atoms with Crippen LogP contribution in [0.15, 0.2) is 156 Å². The van der Waals surface area contributed by atoms with Crippen LogP contribution in [0.1, 0.15) is 26.3 Å². The van der Waals surface area contributed by atoms with E-state index in [0.717, 1.165) is 60.6 Å². The standard InChI is InChI=1S/C49H34N2O/c1-49(2,3)31-24-25-32-29(26-31)22-23-30-27-42-39-18-10-19-40(47(39)52-45(42)28-41(30)32)48-50-43-20-11-17-38-36-15-7-5-13-34(36)33-12-4-6-14-35(33)37-16-8-9-21-44(37)51(48)46(38)43/h4-28H,1-3H3. The number of fused-ring (bicyclic) bond motifs is 13. The fourth-order valence-corrected chi connectivity index (χ4v) is 8.56. The minimum absolute atomic E-state index is 0.0878. The molecule has 11 rings (SSSR count). The van der Waals surface area contributed by atoms with Crippen molar-refractivity contribution in [3.05, 3.63) is 157 Å². The normalized spacial score (nSPS) is 12.5. The average Bonchev–Trinajstić information content (AvgIpc) is 3.75. The molecule has 0 fully saturated rings. The van der Waals surface area contributed by atoms with Crippen molar-refractivity contribution in [3.8, 4) is 11.4 Å². The summed E-state index contributed by atoms with van der Waals surface area (Å²) in [5.74, 6) is 0.862. The van der Waals surface area contributed by atoms with Gasteiger partial charge in [-0.25, -0.2) is 4.98 Å².